The van der Waals surface area contributed by atoms with Crippen LogP contribution in [-0.4, -0.2) is 28.3 Å². The number of rotatable bonds is 1. The van der Waals surface area contributed by atoms with Gasteiger partial charge in [0.05, 0.1) is 5.69 Å². The molecular formula is C10H9NO4. The zero-order valence-electron chi connectivity index (χ0n) is 7.75. The van der Waals surface area contributed by atoms with E-state index in [1.54, 1.807) is 24.3 Å². The van der Waals surface area contributed by atoms with E-state index in [2.05, 4.69) is 0 Å². The van der Waals surface area contributed by atoms with Gasteiger partial charge in [-0.1, -0.05) is 18.2 Å². The first-order valence-corrected chi connectivity index (χ1v) is 4.44. The fourth-order valence-corrected chi connectivity index (χ4v) is 1.82. The molecule has 1 amide bonds. The average molecular weight is 207 g/mol. The molecular weight excluding hydrogens is 198 g/mol. The van der Waals surface area contributed by atoms with Crippen LogP contribution in [0.4, 0.5) is 10.5 Å². The van der Waals surface area contributed by atoms with Gasteiger partial charge in [-0.05, 0) is 11.6 Å². The van der Waals surface area contributed by atoms with E-state index in [9.17, 15) is 9.59 Å². The van der Waals surface area contributed by atoms with Gasteiger partial charge < -0.3 is 10.2 Å². The maximum absolute atomic E-state index is 10.9. The lowest BCUT2D eigenvalue weighted by molar-refractivity contribution is -0.138. The predicted molar refractivity (Wildman–Crippen MR) is 52.1 cm³/mol. The average Bonchev–Trinajstić information content (AvgIpc) is 2.56. The van der Waals surface area contributed by atoms with Gasteiger partial charge in [0.2, 0.25) is 0 Å². The summed E-state index contributed by atoms with van der Waals surface area (Å²) in [5.74, 6) is -1.12. The summed E-state index contributed by atoms with van der Waals surface area (Å²) < 4.78 is 0. The number of fused-ring (bicyclic) bond motifs is 1. The molecule has 78 valence electrons. The Hall–Kier alpha value is -2.04. The molecule has 5 nitrogen and oxygen atoms in total. The minimum Gasteiger partial charge on any atom is -0.480 e. The van der Waals surface area contributed by atoms with Gasteiger partial charge in [-0.15, -0.1) is 0 Å². The molecule has 1 heterocycles. The number of aliphatic carboxylic acids is 1. The largest absolute Gasteiger partial charge is 0.480 e. The Morgan fingerprint density at radius 2 is 1.93 bits per heavy atom. The monoisotopic (exact) mass is 207 g/mol. The number of hydrogen-bond acceptors (Lipinski definition) is 2. The highest BCUT2D eigenvalue weighted by molar-refractivity contribution is 5.97. The zero-order chi connectivity index (χ0) is 11.0. The fraction of sp³-hybridized carbons (Fsp3) is 0.200. The molecule has 0 aromatic heterocycles. The van der Waals surface area contributed by atoms with Crippen LogP contribution >= 0.6 is 0 Å². The molecule has 1 aromatic rings. The van der Waals surface area contributed by atoms with Crippen LogP contribution in [-0.2, 0) is 11.2 Å². The molecule has 0 bridgehead atoms. The second kappa shape index (κ2) is 3.27. The normalized spacial score (nSPS) is 18.7. The summed E-state index contributed by atoms with van der Waals surface area (Å²) in [6.45, 7) is 0. The Kier molecular flexibility index (Phi) is 2.07. The first-order valence-electron chi connectivity index (χ1n) is 4.44. The van der Waals surface area contributed by atoms with Crippen LogP contribution in [0, 0.1) is 0 Å². The number of para-hydroxylation sites is 1. The Bertz CT molecular complexity index is 429. The second-order valence-corrected chi connectivity index (χ2v) is 3.34. The Labute approximate surface area is 85.6 Å². The summed E-state index contributed by atoms with van der Waals surface area (Å²) in [5.41, 5.74) is 1.23. The predicted octanol–water partition coefficient (Wildman–Crippen LogP) is 1.18. The topological polar surface area (TPSA) is 77.8 Å². The van der Waals surface area contributed by atoms with E-state index in [1.165, 1.54) is 0 Å². The molecule has 1 atom stereocenters. The van der Waals surface area contributed by atoms with Crippen LogP contribution in [0.25, 0.3) is 0 Å². The van der Waals surface area contributed by atoms with Crippen LogP contribution in [0.2, 0.25) is 0 Å². The summed E-state index contributed by atoms with van der Waals surface area (Å²) in [6, 6.07) is 5.82. The molecule has 0 radical (unpaired) electrons. The number of carboxylic acid groups (broad SMARTS) is 2. The van der Waals surface area contributed by atoms with Crippen molar-refractivity contribution in [3.05, 3.63) is 29.8 Å². The Balaban J connectivity index is 2.46. The van der Waals surface area contributed by atoms with E-state index >= 15 is 0 Å². The van der Waals surface area contributed by atoms with Crippen molar-refractivity contribution in [3.8, 4) is 0 Å². The van der Waals surface area contributed by atoms with Crippen molar-refractivity contribution in [1.29, 1.82) is 0 Å². The third-order valence-electron chi connectivity index (χ3n) is 2.47. The van der Waals surface area contributed by atoms with Crippen molar-refractivity contribution in [3.63, 3.8) is 0 Å². The van der Waals surface area contributed by atoms with Crippen LogP contribution in [0.5, 0.6) is 0 Å². The molecule has 1 aliphatic heterocycles. The molecule has 0 saturated carbocycles. The molecule has 2 N–H and O–H groups in total. The number of carbonyl (C=O) groups is 2. The van der Waals surface area contributed by atoms with Crippen LogP contribution < -0.4 is 4.90 Å². The highest BCUT2D eigenvalue weighted by atomic mass is 16.4. The molecule has 1 aliphatic rings. The number of hydrogen-bond donors (Lipinski definition) is 2. The molecule has 0 unspecified atom stereocenters. The van der Waals surface area contributed by atoms with Crippen LogP contribution in [0.1, 0.15) is 5.56 Å². The Morgan fingerprint density at radius 3 is 2.53 bits per heavy atom. The van der Waals surface area contributed by atoms with Crippen molar-refractivity contribution in [2.24, 2.45) is 0 Å². The second-order valence-electron chi connectivity index (χ2n) is 3.34. The molecule has 0 saturated heterocycles. The van der Waals surface area contributed by atoms with Gasteiger partial charge >= 0.3 is 12.1 Å². The van der Waals surface area contributed by atoms with Gasteiger partial charge in [0.1, 0.15) is 6.04 Å². The third kappa shape index (κ3) is 1.41. The molecule has 2 rings (SSSR count). The number of carboxylic acids is 1. The summed E-state index contributed by atoms with van der Waals surface area (Å²) in [5, 5.41) is 17.8. The molecule has 0 aliphatic carbocycles. The van der Waals surface area contributed by atoms with E-state index in [4.69, 9.17) is 10.2 Å². The number of nitrogens with zero attached hydrogens (tertiary/aromatic N) is 1. The number of benzene rings is 1. The van der Waals surface area contributed by atoms with Gasteiger partial charge in [0.25, 0.3) is 0 Å². The van der Waals surface area contributed by atoms with Gasteiger partial charge in [-0.2, -0.15) is 0 Å². The minimum absolute atomic E-state index is 0.234. The van der Waals surface area contributed by atoms with Crippen molar-refractivity contribution >= 4 is 17.7 Å². The number of anilines is 1. The lowest BCUT2D eigenvalue weighted by Gasteiger charge is -2.18. The SMILES string of the molecule is O=C(O)[C@H]1Cc2ccccc2N1C(=O)O. The zero-order valence-corrected chi connectivity index (χ0v) is 7.75. The summed E-state index contributed by atoms with van der Waals surface area (Å²) in [6.07, 6.45) is -0.995. The molecule has 0 fully saturated rings. The first kappa shape index (κ1) is 9.51. The van der Waals surface area contributed by atoms with Crippen molar-refractivity contribution < 1.29 is 19.8 Å². The quantitative estimate of drug-likeness (QED) is 0.724. The van der Waals surface area contributed by atoms with E-state index in [0.29, 0.717) is 5.69 Å². The lowest BCUT2D eigenvalue weighted by Crippen LogP contribution is -2.41. The van der Waals surface area contributed by atoms with Crippen LogP contribution in [0.3, 0.4) is 0 Å². The highest BCUT2D eigenvalue weighted by Crippen LogP contribution is 2.31. The molecule has 0 spiro atoms. The van der Waals surface area contributed by atoms with Crippen molar-refractivity contribution in [1.82, 2.24) is 0 Å². The van der Waals surface area contributed by atoms with E-state index in [0.717, 1.165) is 10.5 Å². The molecule has 1 aromatic carbocycles. The molecule has 15 heavy (non-hydrogen) atoms. The fourth-order valence-electron chi connectivity index (χ4n) is 1.82. The van der Waals surface area contributed by atoms with E-state index in [-0.39, 0.29) is 6.42 Å². The van der Waals surface area contributed by atoms with Crippen molar-refractivity contribution in [2.75, 3.05) is 4.90 Å². The smallest absolute Gasteiger partial charge is 0.412 e. The maximum Gasteiger partial charge on any atom is 0.412 e. The highest BCUT2D eigenvalue weighted by Gasteiger charge is 2.38. The lowest BCUT2D eigenvalue weighted by atomic mass is 10.1. The van der Waals surface area contributed by atoms with E-state index in [1.807, 2.05) is 0 Å². The van der Waals surface area contributed by atoms with Gasteiger partial charge in [0, 0.05) is 6.42 Å². The maximum atomic E-state index is 10.9. The van der Waals surface area contributed by atoms with Crippen molar-refractivity contribution in [2.45, 2.75) is 12.5 Å². The van der Waals surface area contributed by atoms with Gasteiger partial charge in [-0.25, -0.2) is 9.59 Å². The summed E-state index contributed by atoms with van der Waals surface area (Å²) >= 11 is 0. The van der Waals surface area contributed by atoms with Gasteiger partial charge in [0.15, 0.2) is 0 Å². The standard InChI is InChI=1S/C10H9NO4/c12-9(13)8-5-6-3-1-2-4-7(6)11(8)10(14)15/h1-4,8H,5H2,(H,12,13)(H,14,15)/t8-/m1/s1. The molecule has 5 heteroatoms. The third-order valence-corrected chi connectivity index (χ3v) is 2.47. The summed E-state index contributed by atoms with van der Waals surface area (Å²) in [7, 11) is 0. The number of amides is 1. The first-order chi connectivity index (χ1) is 7.11. The summed E-state index contributed by atoms with van der Waals surface area (Å²) in [4.78, 5) is 22.7. The van der Waals surface area contributed by atoms with Crippen LogP contribution in [0.15, 0.2) is 24.3 Å². The van der Waals surface area contributed by atoms with Gasteiger partial charge in [-0.3, -0.25) is 4.90 Å². The minimum atomic E-state index is -1.23. The Morgan fingerprint density at radius 1 is 1.27 bits per heavy atom. The van der Waals surface area contributed by atoms with E-state index < -0.39 is 18.1 Å².